The number of hydrogen-bond acceptors (Lipinski definition) is 0. The Morgan fingerprint density at radius 2 is 1.50 bits per heavy atom. The van der Waals surface area contributed by atoms with Crippen LogP contribution in [0, 0.1) is 0 Å². The molecule has 0 heterocycles. The molecule has 0 aliphatic heterocycles. The van der Waals surface area contributed by atoms with Gasteiger partial charge in [-0.2, -0.15) is 0 Å². The maximum Gasteiger partial charge on any atom is 0.0873 e. The first-order valence-electron chi connectivity index (χ1n) is 7.36. The second-order valence-electron chi connectivity index (χ2n) is 5.95. The molecule has 2 rings (SSSR count). The van der Waals surface area contributed by atoms with Crippen LogP contribution in [-0.4, -0.2) is 8.07 Å². The number of aryl methyl sites for hydroxylation is 1. The maximum atomic E-state index is 4.10. The van der Waals surface area contributed by atoms with Gasteiger partial charge in [0.15, 0.2) is 0 Å². The van der Waals surface area contributed by atoms with Crippen LogP contribution in [0.4, 0.5) is 0 Å². The van der Waals surface area contributed by atoms with Crippen molar-refractivity contribution in [2.45, 2.75) is 31.5 Å². The van der Waals surface area contributed by atoms with E-state index in [1.807, 2.05) is 0 Å². The van der Waals surface area contributed by atoms with Crippen LogP contribution in [0.2, 0.25) is 18.6 Å². The van der Waals surface area contributed by atoms with Crippen molar-refractivity contribution in [3.05, 3.63) is 78.9 Å². The van der Waals surface area contributed by atoms with Crippen molar-refractivity contribution in [2.75, 3.05) is 0 Å². The lowest BCUT2D eigenvalue weighted by Gasteiger charge is -2.31. The van der Waals surface area contributed by atoms with Gasteiger partial charge in [0, 0.05) is 0 Å². The van der Waals surface area contributed by atoms with Crippen molar-refractivity contribution >= 4 is 13.3 Å². The highest BCUT2D eigenvalue weighted by Crippen LogP contribution is 2.28. The fraction of sp³-hybridized carbons (Fsp3) is 0.263. The Hall–Kier alpha value is -1.60. The van der Waals surface area contributed by atoms with Crippen molar-refractivity contribution in [2.24, 2.45) is 0 Å². The Bertz CT molecular complexity index is 528. The summed E-state index contributed by atoms with van der Waals surface area (Å²) in [7, 11) is -1.48. The smallest absolute Gasteiger partial charge is 0.0873 e. The molecule has 1 atom stereocenters. The van der Waals surface area contributed by atoms with Gasteiger partial charge in [-0.05, 0) is 23.9 Å². The zero-order valence-corrected chi connectivity index (χ0v) is 13.5. The molecule has 0 N–H and O–H groups in total. The van der Waals surface area contributed by atoms with Crippen LogP contribution >= 0.6 is 0 Å². The molecule has 0 spiro atoms. The minimum absolute atomic E-state index is 0.616. The highest BCUT2D eigenvalue weighted by Gasteiger charge is 2.31. The lowest BCUT2D eigenvalue weighted by atomic mass is 10.1. The maximum absolute atomic E-state index is 4.10. The summed E-state index contributed by atoms with van der Waals surface area (Å²) in [6.45, 7) is 9.02. The van der Waals surface area contributed by atoms with Crippen LogP contribution < -0.4 is 5.19 Å². The molecule has 104 valence electrons. The SMILES string of the molecule is C=CC(CCc1ccccc1)[Si](C)(C)c1ccccc1. The molecule has 2 aromatic rings. The molecule has 0 nitrogen and oxygen atoms in total. The highest BCUT2D eigenvalue weighted by molar-refractivity contribution is 6.91. The average Bonchev–Trinajstić information content (AvgIpc) is 2.49. The molecule has 0 saturated carbocycles. The van der Waals surface area contributed by atoms with Crippen LogP contribution in [-0.2, 0) is 6.42 Å². The van der Waals surface area contributed by atoms with Gasteiger partial charge in [0.1, 0.15) is 0 Å². The average molecular weight is 280 g/mol. The molecule has 0 fully saturated rings. The largest absolute Gasteiger partial charge is 0.103 e. The van der Waals surface area contributed by atoms with E-state index < -0.39 is 8.07 Å². The van der Waals surface area contributed by atoms with Gasteiger partial charge in [0.25, 0.3) is 0 Å². The van der Waals surface area contributed by atoms with E-state index in [1.165, 1.54) is 17.2 Å². The first-order chi connectivity index (χ1) is 9.64. The third-order valence-electron chi connectivity index (χ3n) is 4.32. The van der Waals surface area contributed by atoms with E-state index in [0.29, 0.717) is 5.54 Å². The standard InChI is InChI=1S/C19H24Si/c1-4-18(16-15-17-11-7-5-8-12-17)20(2,3)19-13-9-6-10-14-19/h4-14,18H,1,15-16H2,2-3H3. The normalized spacial score (nSPS) is 12.9. The Balaban J connectivity index is 2.10. The summed E-state index contributed by atoms with van der Waals surface area (Å²) in [5.41, 5.74) is 2.04. The first-order valence-corrected chi connectivity index (χ1v) is 10.4. The summed E-state index contributed by atoms with van der Waals surface area (Å²) in [5, 5.41) is 1.53. The molecule has 0 aliphatic carbocycles. The predicted molar refractivity (Wildman–Crippen MR) is 92.3 cm³/mol. The van der Waals surface area contributed by atoms with E-state index >= 15 is 0 Å². The molecule has 0 radical (unpaired) electrons. The second kappa shape index (κ2) is 6.71. The van der Waals surface area contributed by atoms with Crippen molar-refractivity contribution in [3.8, 4) is 0 Å². The van der Waals surface area contributed by atoms with Crippen LogP contribution in [0.25, 0.3) is 0 Å². The Kier molecular flexibility index (Phi) is 4.97. The zero-order chi connectivity index (χ0) is 14.4. The van der Waals surface area contributed by atoms with Gasteiger partial charge >= 0.3 is 0 Å². The lowest BCUT2D eigenvalue weighted by molar-refractivity contribution is 0.821. The van der Waals surface area contributed by atoms with Crippen LogP contribution in [0.1, 0.15) is 12.0 Å². The summed E-state index contributed by atoms with van der Waals surface area (Å²) in [6, 6.07) is 21.7. The van der Waals surface area contributed by atoms with Gasteiger partial charge < -0.3 is 0 Å². The number of benzene rings is 2. The van der Waals surface area contributed by atoms with Gasteiger partial charge in [0.05, 0.1) is 8.07 Å². The van der Waals surface area contributed by atoms with Gasteiger partial charge in [-0.3, -0.25) is 0 Å². The Morgan fingerprint density at radius 1 is 0.950 bits per heavy atom. The van der Waals surface area contributed by atoms with Gasteiger partial charge in [-0.1, -0.05) is 85.0 Å². The van der Waals surface area contributed by atoms with Crippen LogP contribution in [0.3, 0.4) is 0 Å². The van der Waals surface area contributed by atoms with Gasteiger partial charge in [0.2, 0.25) is 0 Å². The zero-order valence-electron chi connectivity index (χ0n) is 12.5. The molecule has 0 amide bonds. The molecule has 0 aromatic heterocycles. The molecular formula is C19H24Si. The summed E-state index contributed by atoms with van der Waals surface area (Å²) in [6.07, 6.45) is 4.52. The molecule has 0 saturated heterocycles. The minimum atomic E-state index is -1.48. The third kappa shape index (κ3) is 3.49. The highest BCUT2D eigenvalue weighted by atomic mass is 28.3. The van der Waals surface area contributed by atoms with E-state index in [4.69, 9.17) is 0 Å². The second-order valence-corrected chi connectivity index (χ2v) is 10.7. The quantitative estimate of drug-likeness (QED) is 0.527. The third-order valence-corrected chi connectivity index (χ3v) is 8.52. The van der Waals surface area contributed by atoms with Crippen molar-refractivity contribution < 1.29 is 0 Å². The number of rotatable bonds is 6. The summed E-state index contributed by atoms with van der Waals surface area (Å²) < 4.78 is 0. The number of hydrogen-bond donors (Lipinski definition) is 0. The lowest BCUT2D eigenvalue weighted by Crippen LogP contribution is -2.45. The van der Waals surface area contributed by atoms with E-state index in [1.54, 1.807) is 0 Å². The van der Waals surface area contributed by atoms with Gasteiger partial charge in [-0.25, -0.2) is 0 Å². The predicted octanol–water partition coefficient (Wildman–Crippen LogP) is 4.79. The molecular weight excluding hydrogens is 256 g/mol. The minimum Gasteiger partial charge on any atom is -0.103 e. The van der Waals surface area contributed by atoms with Crippen LogP contribution in [0.5, 0.6) is 0 Å². The first kappa shape index (κ1) is 14.8. The molecule has 1 unspecified atom stereocenters. The topological polar surface area (TPSA) is 0 Å². The molecule has 0 bridgehead atoms. The summed E-state index contributed by atoms with van der Waals surface area (Å²) in [5.74, 6) is 0. The van der Waals surface area contributed by atoms with Crippen LogP contribution in [0.15, 0.2) is 73.3 Å². The molecule has 0 aliphatic rings. The Labute approximate surface area is 124 Å². The number of allylic oxidation sites excluding steroid dienone is 1. The molecule has 1 heteroatoms. The molecule has 2 aromatic carbocycles. The van der Waals surface area contributed by atoms with Crippen molar-refractivity contribution in [3.63, 3.8) is 0 Å². The van der Waals surface area contributed by atoms with E-state index in [0.717, 1.165) is 6.42 Å². The fourth-order valence-electron chi connectivity index (χ4n) is 2.82. The Morgan fingerprint density at radius 3 is 2.05 bits per heavy atom. The van der Waals surface area contributed by atoms with Crippen molar-refractivity contribution in [1.82, 2.24) is 0 Å². The monoisotopic (exact) mass is 280 g/mol. The summed E-state index contributed by atoms with van der Waals surface area (Å²) in [4.78, 5) is 0. The molecule has 20 heavy (non-hydrogen) atoms. The van der Waals surface area contributed by atoms with Crippen molar-refractivity contribution in [1.29, 1.82) is 0 Å². The van der Waals surface area contributed by atoms with Gasteiger partial charge in [-0.15, -0.1) is 6.58 Å². The van der Waals surface area contributed by atoms with E-state index in [9.17, 15) is 0 Å². The fourth-order valence-corrected chi connectivity index (χ4v) is 5.76. The van der Waals surface area contributed by atoms with E-state index in [2.05, 4.69) is 86.4 Å². The summed E-state index contributed by atoms with van der Waals surface area (Å²) >= 11 is 0. The van der Waals surface area contributed by atoms with E-state index in [-0.39, 0.29) is 0 Å².